The van der Waals surface area contributed by atoms with E-state index in [-0.39, 0.29) is 18.2 Å². The van der Waals surface area contributed by atoms with Crippen molar-refractivity contribution in [1.29, 1.82) is 0 Å². The van der Waals surface area contributed by atoms with Gasteiger partial charge in [-0.15, -0.1) is 11.3 Å². The van der Waals surface area contributed by atoms with Crippen LogP contribution in [0.5, 0.6) is 5.75 Å². The molecular formula is C12H11ClN2O2S. The molecule has 0 bridgehead atoms. The van der Waals surface area contributed by atoms with Crippen molar-refractivity contribution in [2.45, 2.75) is 6.54 Å². The number of halogens is 1. The number of hydrogen-bond acceptors (Lipinski definition) is 4. The first-order valence-electron chi connectivity index (χ1n) is 5.17. The molecule has 4 N–H and O–H groups in total. The number of hydrogen-bond donors (Lipinski definition) is 3. The summed E-state index contributed by atoms with van der Waals surface area (Å²) in [6.45, 7) is 0.214. The minimum atomic E-state index is -0.228. The third-order valence-corrected chi connectivity index (χ3v) is 3.57. The number of phenolic OH excluding ortho intramolecular Hbond substituents is 1. The number of benzene rings is 1. The lowest BCUT2D eigenvalue weighted by Gasteiger charge is -2.07. The molecular weight excluding hydrogens is 272 g/mol. The van der Waals surface area contributed by atoms with Crippen molar-refractivity contribution in [3.05, 3.63) is 45.1 Å². The Morgan fingerprint density at radius 2 is 2.17 bits per heavy atom. The Morgan fingerprint density at radius 1 is 1.39 bits per heavy atom. The van der Waals surface area contributed by atoms with Crippen molar-refractivity contribution >= 4 is 34.5 Å². The van der Waals surface area contributed by atoms with Crippen LogP contribution in [0.1, 0.15) is 15.2 Å². The summed E-state index contributed by atoms with van der Waals surface area (Å²) in [7, 11) is 0. The first-order valence-corrected chi connectivity index (χ1v) is 6.36. The highest BCUT2D eigenvalue weighted by Gasteiger charge is 2.09. The van der Waals surface area contributed by atoms with E-state index < -0.39 is 0 Å². The van der Waals surface area contributed by atoms with Crippen molar-refractivity contribution in [3.8, 4) is 5.75 Å². The predicted octanol–water partition coefficient (Wildman–Crippen LogP) is 2.62. The van der Waals surface area contributed by atoms with Crippen molar-refractivity contribution in [2.75, 3.05) is 5.73 Å². The van der Waals surface area contributed by atoms with Crippen LogP contribution in [0.2, 0.25) is 4.34 Å². The molecule has 0 saturated heterocycles. The molecule has 0 fully saturated rings. The summed E-state index contributed by atoms with van der Waals surface area (Å²) in [5.41, 5.74) is 6.72. The van der Waals surface area contributed by atoms with Crippen LogP contribution < -0.4 is 11.1 Å². The van der Waals surface area contributed by atoms with E-state index in [1.807, 2.05) is 0 Å². The Bertz CT molecular complexity index is 583. The zero-order chi connectivity index (χ0) is 13.1. The number of amides is 1. The normalized spacial score (nSPS) is 10.3. The molecule has 0 radical (unpaired) electrons. The Morgan fingerprint density at radius 3 is 2.83 bits per heavy atom. The third kappa shape index (κ3) is 2.94. The van der Waals surface area contributed by atoms with Crippen LogP contribution in [0.4, 0.5) is 5.69 Å². The summed E-state index contributed by atoms with van der Waals surface area (Å²) in [4.78, 5) is 12.3. The number of nitrogen functional groups attached to an aromatic ring is 1. The minimum Gasteiger partial charge on any atom is -0.508 e. The minimum absolute atomic E-state index is 0.105. The highest BCUT2D eigenvalue weighted by Crippen LogP contribution is 2.22. The molecule has 0 aliphatic rings. The van der Waals surface area contributed by atoms with Gasteiger partial charge in [0.1, 0.15) is 5.75 Å². The van der Waals surface area contributed by atoms with E-state index in [1.54, 1.807) is 24.3 Å². The maximum Gasteiger partial charge on any atom is 0.261 e. The molecule has 0 unspecified atom stereocenters. The van der Waals surface area contributed by atoms with Crippen molar-refractivity contribution in [3.63, 3.8) is 0 Å². The fourth-order valence-electron chi connectivity index (χ4n) is 1.45. The molecule has 6 heteroatoms. The van der Waals surface area contributed by atoms with Gasteiger partial charge in [-0.25, -0.2) is 0 Å². The number of carbonyl (C=O) groups excluding carboxylic acids is 1. The summed E-state index contributed by atoms with van der Waals surface area (Å²) in [5, 5.41) is 12.3. The van der Waals surface area contributed by atoms with Crippen LogP contribution >= 0.6 is 22.9 Å². The van der Waals surface area contributed by atoms with Gasteiger partial charge in [0, 0.05) is 17.8 Å². The highest BCUT2D eigenvalue weighted by molar-refractivity contribution is 7.17. The SMILES string of the molecule is Nc1ccc(O)c(CNC(=O)c2ccc(Cl)s2)c1. The smallest absolute Gasteiger partial charge is 0.261 e. The van der Waals surface area contributed by atoms with Gasteiger partial charge in [0.2, 0.25) is 0 Å². The van der Waals surface area contributed by atoms with E-state index in [4.69, 9.17) is 17.3 Å². The monoisotopic (exact) mass is 282 g/mol. The van der Waals surface area contributed by atoms with Gasteiger partial charge in [-0.05, 0) is 30.3 Å². The Hall–Kier alpha value is -1.72. The second kappa shape index (κ2) is 5.29. The molecule has 94 valence electrons. The fraction of sp³-hybridized carbons (Fsp3) is 0.0833. The zero-order valence-electron chi connectivity index (χ0n) is 9.31. The second-order valence-corrected chi connectivity index (χ2v) is 5.39. The molecule has 0 aliphatic heterocycles. The molecule has 1 aromatic heterocycles. The van der Waals surface area contributed by atoms with Gasteiger partial charge in [0.25, 0.3) is 5.91 Å². The van der Waals surface area contributed by atoms with Gasteiger partial charge in [-0.1, -0.05) is 11.6 Å². The Kier molecular flexibility index (Phi) is 3.74. The molecule has 4 nitrogen and oxygen atoms in total. The van der Waals surface area contributed by atoms with Gasteiger partial charge in [-0.3, -0.25) is 4.79 Å². The number of aromatic hydroxyl groups is 1. The van der Waals surface area contributed by atoms with Gasteiger partial charge in [0.05, 0.1) is 9.21 Å². The number of nitrogens with one attached hydrogen (secondary N) is 1. The van der Waals surface area contributed by atoms with Crippen molar-refractivity contribution in [1.82, 2.24) is 5.32 Å². The zero-order valence-corrected chi connectivity index (χ0v) is 10.9. The number of thiophene rings is 1. The molecule has 0 aliphatic carbocycles. The molecule has 0 spiro atoms. The van der Waals surface area contributed by atoms with Gasteiger partial charge < -0.3 is 16.2 Å². The first kappa shape index (κ1) is 12.7. The topological polar surface area (TPSA) is 75.3 Å². The van der Waals surface area contributed by atoms with Crippen molar-refractivity contribution < 1.29 is 9.90 Å². The predicted molar refractivity (Wildman–Crippen MR) is 73.0 cm³/mol. The van der Waals surface area contributed by atoms with E-state index in [2.05, 4.69) is 5.32 Å². The fourth-order valence-corrected chi connectivity index (χ4v) is 2.41. The first-order chi connectivity index (χ1) is 8.56. The van der Waals surface area contributed by atoms with Gasteiger partial charge in [-0.2, -0.15) is 0 Å². The Labute approximate surface area is 113 Å². The van der Waals surface area contributed by atoms with Crippen LogP contribution in [-0.2, 0) is 6.54 Å². The summed E-state index contributed by atoms with van der Waals surface area (Å²) >= 11 is 6.95. The lowest BCUT2D eigenvalue weighted by Crippen LogP contribution is -2.21. The van der Waals surface area contributed by atoms with Crippen LogP contribution in [-0.4, -0.2) is 11.0 Å². The average Bonchev–Trinajstić information content (AvgIpc) is 2.77. The summed E-state index contributed by atoms with van der Waals surface area (Å²) in [6, 6.07) is 8.04. The summed E-state index contributed by atoms with van der Waals surface area (Å²) in [6.07, 6.45) is 0. The number of rotatable bonds is 3. The molecule has 1 heterocycles. The van der Waals surface area contributed by atoms with E-state index in [1.165, 1.54) is 17.4 Å². The van der Waals surface area contributed by atoms with Crippen molar-refractivity contribution in [2.24, 2.45) is 0 Å². The molecule has 18 heavy (non-hydrogen) atoms. The molecule has 1 aromatic carbocycles. The standard InChI is InChI=1S/C12H11ClN2O2S/c13-11-4-3-10(18-11)12(17)15-6-7-5-8(14)1-2-9(7)16/h1-5,16H,6,14H2,(H,15,17). The lowest BCUT2D eigenvalue weighted by atomic mass is 10.2. The maximum atomic E-state index is 11.8. The largest absolute Gasteiger partial charge is 0.508 e. The van der Waals surface area contributed by atoms with Gasteiger partial charge >= 0.3 is 0 Å². The van der Waals surface area contributed by atoms with Crippen LogP contribution in [0.3, 0.4) is 0 Å². The lowest BCUT2D eigenvalue weighted by molar-refractivity contribution is 0.0955. The van der Waals surface area contributed by atoms with E-state index in [9.17, 15) is 9.90 Å². The maximum absolute atomic E-state index is 11.8. The molecule has 2 aromatic rings. The summed E-state index contributed by atoms with van der Waals surface area (Å²) in [5.74, 6) is -0.123. The third-order valence-electron chi connectivity index (χ3n) is 2.34. The second-order valence-electron chi connectivity index (χ2n) is 3.67. The summed E-state index contributed by atoms with van der Waals surface area (Å²) < 4.78 is 0.562. The van der Waals surface area contributed by atoms with Crippen LogP contribution in [0.25, 0.3) is 0 Å². The number of carbonyl (C=O) groups is 1. The number of anilines is 1. The van der Waals surface area contributed by atoms with E-state index >= 15 is 0 Å². The van der Waals surface area contributed by atoms with Crippen LogP contribution in [0, 0.1) is 0 Å². The van der Waals surface area contributed by atoms with E-state index in [0.29, 0.717) is 20.5 Å². The number of nitrogens with two attached hydrogens (primary N) is 1. The highest BCUT2D eigenvalue weighted by atomic mass is 35.5. The number of phenols is 1. The quantitative estimate of drug-likeness (QED) is 0.598. The Balaban J connectivity index is 2.03. The molecule has 2 rings (SSSR count). The average molecular weight is 283 g/mol. The molecule has 1 amide bonds. The van der Waals surface area contributed by atoms with E-state index in [0.717, 1.165) is 0 Å². The van der Waals surface area contributed by atoms with Gasteiger partial charge in [0.15, 0.2) is 0 Å². The van der Waals surface area contributed by atoms with Crippen LogP contribution in [0.15, 0.2) is 30.3 Å². The molecule has 0 saturated carbocycles. The molecule has 0 atom stereocenters.